The Labute approximate surface area is 349 Å². The number of hydrogen-bond acceptors (Lipinski definition) is 14. The maximum absolute atomic E-state index is 12.8. The number of carbonyl (C=O) groups is 3. The van der Waals surface area contributed by atoms with E-state index in [0.717, 1.165) is 22.3 Å². The molecule has 2 aliphatic rings. The molecule has 2 heterocycles. The minimum absolute atomic E-state index is 0.00807. The highest BCUT2D eigenvalue weighted by Crippen LogP contribution is 2.36. The molecular weight excluding hydrogens is 776 g/mol. The smallest absolute Gasteiger partial charge is 0.303 e. The predicted octanol–water partition coefficient (Wildman–Crippen LogP) is 5.21. The summed E-state index contributed by atoms with van der Waals surface area (Å²) in [5.41, 5.74) is 3.37. The zero-order valence-electron chi connectivity index (χ0n) is 33.8. The van der Waals surface area contributed by atoms with Gasteiger partial charge in [0.15, 0.2) is 24.8 Å². The lowest BCUT2D eigenvalue weighted by atomic mass is 9.96. The molecule has 0 unspecified atom stereocenters. The van der Waals surface area contributed by atoms with Crippen LogP contribution in [0.3, 0.4) is 0 Å². The summed E-state index contributed by atoms with van der Waals surface area (Å²) in [6.45, 7) is 3.60. The van der Waals surface area contributed by atoms with E-state index in [9.17, 15) is 19.5 Å². The molecule has 0 aromatic heterocycles. The van der Waals surface area contributed by atoms with Gasteiger partial charge in [0.1, 0.15) is 43.2 Å². The quantitative estimate of drug-likeness (QED) is 0.0968. The predicted molar refractivity (Wildman–Crippen MR) is 213 cm³/mol. The van der Waals surface area contributed by atoms with Gasteiger partial charge in [0.05, 0.1) is 33.0 Å². The van der Waals surface area contributed by atoms with E-state index in [2.05, 4.69) is 0 Å². The summed E-state index contributed by atoms with van der Waals surface area (Å²) < 4.78 is 62.4. The highest BCUT2D eigenvalue weighted by atomic mass is 16.8. The molecule has 2 fully saturated rings. The summed E-state index contributed by atoms with van der Waals surface area (Å²) in [5.74, 6) is -2.03. The van der Waals surface area contributed by atoms with E-state index in [4.69, 9.17) is 47.4 Å². The third kappa shape index (κ3) is 13.0. The second-order valence-corrected chi connectivity index (χ2v) is 14.4. The van der Waals surface area contributed by atoms with Crippen LogP contribution in [0.4, 0.5) is 0 Å². The van der Waals surface area contributed by atoms with Gasteiger partial charge < -0.3 is 52.5 Å². The Kier molecular flexibility index (Phi) is 16.7. The lowest BCUT2D eigenvalue weighted by molar-refractivity contribution is -0.368. The van der Waals surface area contributed by atoms with Gasteiger partial charge in [-0.1, -0.05) is 121 Å². The summed E-state index contributed by atoms with van der Waals surface area (Å²) in [4.78, 5) is 37.4. The molecule has 4 aromatic carbocycles. The van der Waals surface area contributed by atoms with Crippen LogP contribution in [-0.2, 0) is 88.2 Å². The Morgan fingerprint density at radius 2 is 0.917 bits per heavy atom. The van der Waals surface area contributed by atoms with Gasteiger partial charge in [-0.05, 0) is 22.3 Å². The third-order valence-electron chi connectivity index (χ3n) is 9.80. The van der Waals surface area contributed by atoms with Crippen LogP contribution in [0, 0.1) is 0 Å². The van der Waals surface area contributed by atoms with Crippen LogP contribution >= 0.6 is 0 Å². The standard InChI is InChI=1S/C46H52O14/c1-30(47)52-29-38-40(56-31(2)48)42(57-32(3)49)44(55-27-36-22-14-7-15-23-36)46(59-38)60-39-37(28-51-24-33-16-8-4-9-17-33)58-45(50)43(54-26-35-20-12-6-13-21-35)41(39)53-25-34-18-10-5-11-19-34/h4-23,37-46,50H,24-29H2,1-3H3/t37-,38-,39+,40-,41+,42+,43-,44-,45-,46-/m1/s1. The van der Waals surface area contributed by atoms with Gasteiger partial charge in [0.2, 0.25) is 0 Å². The fourth-order valence-corrected chi connectivity index (χ4v) is 7.04. The van der Waals surface area contributed by atoms with Crippen molar-refractivity contribution in [2.45, 2.75) is 109 Å². The van der Waals surface area contributed by atoms with Gasteiger partial charge in [0, 0.05) is 20.8 Å². The van der Waals surface area contributed by atoms with Gasteiger partial charge in [-0.25, -0.2) is 0 Å². The summed E-state index contributed by atoms with van der Waals surface area (Å²) in [6, 6.07) is 37.7. The molecule has 4 aromatic rings. The van der Waals surface area contributed by atoms with E-state index < -0.39 is 85.9 Å². The summed E-state index contributed by atoms with van der Waals surface area (Å²) in [7, 11) is 0. The average Bonchev–Trinajstić information content (AvgIpc) is 3.24. The van der Waals surface area contributed by atoms with E-state index >= 15 is 0 Å². The monoisotopic (exact) mass is 828 g/mol. The van der Waals surface area contributed by atoms with Crippen LogP contribution in [0.2, 0.25) is 0 Å². The van der Waals surface area contributed by atoms with Crippen molar-refractivity contribution in [3.05, 3.63) is 144 Å². The van der Waals surface area contributed by atoms with E-state index in [0.29, 0.717) is 0 Å². The van der Waals surface area contributed by atoms with E-state index in [1.54, 1.807) is 0 Å². The largest absolute Gasteiger partial charge is 0.463 e. The SMILES string of the molecule is CC(=O)OC[C@H]1O[C@H](O[C@@H]2[C@H](OCc3ccccc3)[C@@H](OCc3ccccc3)[C@H](O)O[C@@H]2COCc2ccccc2)[C@H](OCc2ccccc2)[C@@H](OC(C)=O)[C@@H]1OC(C)=O. The van der Waals surface area contributed by atoms with Crippen LogP contribution in [0.25, 0.3) is 0 Å². The Balaban J connectivity index is 1.39. The molecule has 320 valence electrons. The van der Waals surface area contributed by atoms with Crippen molar-refractivity contribution in [2.24, 2.45) is 0 Å². The Morgan fingerprint density at radius 1 is 0.483 bits per heavy atom. The molecule has 1 N–H and O–H groups in total. The van der Waals surface area contributed by atoms with Gasteiger partial charge in [-0.15, -0.1) is 0 Å². The first kappa shape index (κ1) is 44.5. The minimum Gasteiger partial charge on any atom is -0.463 e. The molecular formula is C46H52O14. The number of aliphatic hydroxyl groups is 1. The molecule has 0 amide bonds. The molecule has 0 aliphatic carbocycles. The second kappa shape index (κ2) is 22.5. The number of esters is 3. The van der Waals surface area contributed by atoms with Crippen molar-refractivity contribution in [1.29, 1.82) is 0 Å². The molecule has 6 rings (SSSR count). The first-order chi connectivity index (χ1) is 29.1. The van der Waals surface area contributed by atoms with Crippen molar-refractivity contribution < 1.29 is 66.9 Å². The second-order valence-electron chi connectivity index (χ2n) is 14.4. The van der Waals surface area contributed by atoms with Crippen molar-refractivity contribution in [3.8, 4) is 0 Å². The molecule has 14 nitrogen and oxygen atoms in total. The zero-order chi connectivity index (χ0) is 42.3. The van der Waals surface area contributed by atoms with Gasteiger partial charge >= 0.3 is 17.9 Å². The first-order valence-electron chi connectivity index (χ1n) is 19.8. The molecule has 0 bridgehead atoms. The zero-order valence-corrected chi connectivity index (χ0v) is 33.8. The van der Waals surface area contributed by atoms with Crippen LogP contribution < -0.4 is 0 Å². The highest BCUT2D eigenvalue weighted by Gasteiger charge is 2.55. The Bertz CT molecular complexity index is 1900. The fraction of sp³-hybridized carbons (Fsp3) is 0.413. The van der Waals surface area contributed by atoms with Gasteiger partial charge in [-0.3, -0.25) is 14.4 Å². The number of rotatable bonds is 19. The van der Waals surface area contributed by atoms with E-state index in [1.165, 1.54) is 20.8 Å². The molecule has 0 radical (unpaired) electrons. The van der Waals surface area contributed by atoms with Crippen molar-refractivity contribution in [3.63, 3.8) is 0 Å². The van der Waals surface area contributed by atoms with Crippen LogP contribution in [0.1, 0.15) is 43.0 Å². The van der Waals surface area contributed by atoms with Crippen molar-refractivity contribution in [2.75, 3.05) is 13.2 Å². The van der Waals surface area contributed by atoms with Gasteiger partial charge in [0.25, 0.3) is 0 Å². The van der Waals surface area contributed by atoms with Crippen LogP contribution in [0.15, 0.2) is 121 Å². The Hall–Kier alpha value is -5.03. The highest BCUT2D eigenvalue weighted by molar-refractivity contribution is 5.68. The average molecular weight is 829 g/mol. The summed E-state index contributed by atoms with van der Waals surface area (Å²) in [5, 5.41) is 11.7. The molecule has 2 saturated heterocycles. The molecule has 0 saturated carbocycles. The fourth-order valence-electron chi connectivity index (χ4n) is 7.04. The molecule has 14 heteroatoms. The van der Waals surface area contributed by atoms with Crippen molar-refractivity contribution in [1.82, 2.24) is 0 Å². The minimum atomic E-state index is -1.49. The summed E-state index contributed by atoms with van der Waals surface area (Å²) >= 11 is 0. The van der Waals surface area contributed by atoms with Crippen LogP contribution in [-0.4, -0.2) is 97.6 Å². The molecule has 60 heavy (non-hydrogen) atoms. The Morgan fingerprint density at radius 3 is 1.40 bits per heavy atom. The number of benzene rings is 4. The lowest BCUT2D eigenvalue weighted by Crippen LogP contribution is -2.66. The molecule has 0 spiro atoms. The van der Waals surface area contributed by atoms with E-state index in [-0.39, 0.29) is 33.0 Å². The van der Waals surface area contributed by atoms with E-state index in [1.807, 2.05) is 121 Å². The number of carbonyl (C=O) groups excluding carboxylic acids is 3. The topological polar surface area (TPSA) is 164 Å². The lowest BCUT2D eigenvalue weighted by Gasteiger charge is -2.49. The van der Waals surface area contributed by atoms with Gasteiger partial charge in [-0.2, -0.15) is 0 Å². The molecule has 10 atom stereocenters. The normalized spacial score (nSPS) is 26.5. The number of aliphatic hydroxyl groups excluding tert-OH is 1. The number of hydrogen-bond donors (Lipinski definition) is 1. The first-order valence-corrected chi connectivity index (χ1v) is 19.8. The van der Waals surface area contributed by atoms with Crippen LogP contribution in [0.5, 0.6) is 0 Å². The summed E-state index contributed by atoms with van der Waals surface area (Å²) in [6.07, 6.45) is -12.2. The maximum Gasteiger partial charge on any atom is 0.303 e. The number of ether oxygens (including phenoxy) is 10. The maximum atomic E-state index is 12.8. The third-order valence-corrected chi connectivity index (χ3v) is 9.80. The molecule has 2 aliphatic heterocycles. The van der Waals surface area contributed by atoms with Crippen molar-refractivity contribution >= 4 is 17.9 Å².